The predicted octanol–water partition coefficient (Wildman–Crippen LogP) is 1.64. The van der Waals surface area contributed by atoms with Crippen molar-refractivity contribution < 1.29 is 5.11 Å². The second-order valence-corrected chi connectivity index (χ2v) is 3.98. The van der Waals surface area contributed by atoms with E-state index in [2.05, 4.69) is 36.1 Å². The van der Waals surface area contributed by atoms with E-state index >= 15 is 0 Å². The highest BCUT2D eigenvalue weighted by molar-refractivity contribution is 5.16. The minimum atomic E-state index is 0.306. The van der Waals surface area contributed by atoms with Crippen LogP contribution >= 0.6 is 0 Å². The van der Waals surface area contributed by atoms with Gasteiger partial charge in [-0.15, -0.1) is 0 Å². The molecule has 0 amide bonds. The van der Waals surface area contributed by atoms with Gasteiger partial charge >= 0.3 is 0 Å². The highest BCUT2D eigenvalue weighted by Gasteiger charge is 2.42. The van der Waals surface area contributed by atoms with Gasteiger partial charge in [0.2, 0.25) is 0 Å². The molecule has 1 aromatic rings. The third-order valence-corrected chi connectivity index (χ3v) is 3.05. The molecule has 3 unspecified atom stereocenters. The van der Waals surface area contributed by atoms with Gasteiger partial charge in [-0.1, -0.05) is 30.3 Å². The van der Waals surface area contributed by atoms with Crippen LogP contribution < -0.4 is 0 Å². The van der Waals surface area contributed by atoms with E-state index in [0.717, 1.165) is 13.0 Å². The van der Waals surface area contributed by atoms with Crippen molar-refractivity contribution >= 4 is 0 Å². The molecule has 14 heavy (non-hydrogen) atoms. The second-order valence-electron chi connectivity index (χ2n) is 3.98. The number of benzene rings is 1. The Morgan fingerprint density at radius 2 is 2.00 bits per heavy atom. The summed E-state index contributed by atoms with van der Waals surface area (Å²) in [5.74, 6) is 0. The zero-order valence-corrected chi connectivity index (χ0v) is 8.56. The van der Waals surface area contributed by atoms with Crippen LogP contribution in [-0.2, 0) is 6.54 Å². The van der Waals surface area contributed by atoms with E-state index in [1.54, 1.807) is 0 Å². The lowest BCUT2D eigenvalue weighted by molar-refractivity contribution is 0.278. The summed E-state index contributed by atoms with van der Waals surface area (Å²) in [5, 5.41) is 8.85. The monoisotopic (exact) mass is 191 g/mol. The molecule has 0 radical (unpaired) electrons. The highest BCUT2D eigenvalue weighted by atomic mass is 16.3. The fourth-order valence-corrected chi connectivity index (χ4v) is 2.07. The third kappa shape index (κ3) is 1.97. The second kappa shape index (κ2) is 4.11. The van der Waals surface area contributed by atoms with Gasteiger partial charge in [0.15, 0.2) is 0 Å². The first-order valence-corrected chi connectivity index (χ1v) is 5.23. The molecule has 0 bridgehead atoms. The van der Waals surface area contributed by atoms with Gasteiger partial charge < -0.3 is 5.11 Å². The Kier molecular flexibility index (Phi) is 2.85. The van der Waals surface area contributed by atoms with Gasteiger partial charge in [-0.2, -0.15) is 0 Å². The number of aliphatic hydroxyl groups is 1. The van der Waals surface area contributed by atoms with E-state index in [-0.39, 0.29) is 0 Å². The van der Waals surface area contributed by atoms with Gasteiger partial charge in [-0.3, -0.25) is 4.90 Å². The van der Waals surface area contributed by atoms with Gasteiger partial charge in [0.25, 0.3) is 0 Å². The van der Waals surface area contributed by atoms with E-state index in [0.29, 0.717) is 18.7 Å². The number of hydrogen-bond acceptors (Lipinski definition) is 2. The predicted molar refractivity (Wildman–Crippen MR) is 56.9 cm³/mol. The molecule has 2 heteroatoms. The topological polar surface area (TPSA) is 23.2 Å². The fourth-order valence-electron chi connectivity index (χ4n) is 2.07. The number of rotatable bonds is 4. The van der Waals surface area contributed by atoms with Gasteiger partial charge in [0.1, 0.15) is 0 Å². The maximum Gasteiger partial charge on any atom is 0.0446 e. The largest absolute Gasteiger partial charge is 0.396 e. The van der Waals surface area contributed by atoms with Crippen LogP contribution in [0.25, 0.3) is 0 Å². The van der Waals surface area contributed by atoms with Crippen molar-refractivity contribution in [1.29, 1.82) is 0 Å². The minimum Gasteiger partial charge on any atom is -0.396 e. The molecule has 0 aromatic heterocycles. The molecule has 0 aliphatic carbocycles. The molecular formula is C12H17NO. The van der Waals surface area contributed by atoms with E-state index in [4.69, 9.17) is 5.11 Å². The summed E-state index contributed by atoms with van der Waals surface area (Å²) in [6.07, 6.45) is 0.911. The summed E-state index contributed by atoms with van der Waals surface area (Å²) in [4.78, 5) is 2.42. The van der Waals surface area contributed by atoms with Gasteiger partial charge in [-0.05, 0) is 18.9 Å². The minimum absolute atomic E-state index is 0.306. The average molecular weight is 191 g/mol. The average Bonchev–Trinajstić information content (AvgIpc) is 2.80. The summed E-state index contributed by atoms with van der Waals surface area (Å²) >= 11 is 0. The normalized spacial score (nSPS) is 30.3. The lowest BCUT2D eigenvalue weighted by Crippen LogP contribution is -2.03. The molecule has 1 fully saturated rings. The lowest BCUT2D eigenvalue weighted by atomic mass is 10.2. The maximum atomic E-state index is 8.85. The third-order valence-electron chi connectivity index (χ3n) is 3.05. The summed E-state index contributed by atoms with van der Waals surface area (Å²) in [6.45, 7) is 3.55. The zero-order valence-electron chi connectivity index (χ0n) is 8.56. The molecule has 1 N–H and O–H groups in total. The fraction of sp³-hybridized carbons (Fsp3) is 0.500. The summed E-state index contributed by atoms with van der Waals surface area (Å²) in [7, 11) is 0. The molecule has 1 aromatic carbocycles. The molecule has 2 nitrogen and oxygen atoms in total. The zero-order chi connectivity index (χ0) is 9.97. The molecule has 2 rings (SSSR count). The van der Waals surface area contributed by atoms with Crippen LogP contribution in [0, 0.1) is 0 Å². The Hall–Kier alpha value is -0.860. The number of hydrogen-bond donors (Lipinski definition) is 1. The molecule has 1 aliphatic heterocycles. The van der Waals surface area contributed by atoms with Crippen molar-refractivity contribution in [2.75, 3.05) is 6.61 Å². The Bertz CT molecular complexity index is 286. The van der Waals surface area contributed by atoms with Gasteiger partial charge in [0, 0.05) is 25.2 Å². The lowest BCUT2D eigenvalue weighted by Gasteiger charge is -2.02. The molecule has 3 atom stereocenters. The SMILES string of the molecule is CC1C(CCO)N1Cc1ccccc1. The van der Waals surface area contributed by atoms with Gasteiger partial charge in [-0.25, -0.2) is 0 Å². The quantitative estimate of drug-likeness (QED) is 0.731. The van der Waals surface area contributed by atoms with E-state index in [1.165, 1.54) is 5.56 Å². The van der Waals surface area contributed by atoms with Crippen LogP contribution in [0.4, 0.5) is 0 Å². The first-order valence-electron chi connectivity index (χ1n) is 5.23. The number of nitrogens with zero attached hydrogens (tertiary/aromatic N) is 1. The molecule has 1 aliphatic rings. The van der Waals surface area contributed by atoms with Crippen molar-refractivity contribution in [2.24, 2.45) is 0 Å². The summed E-state index contributed by atoms with van der Waals surface area (Å²) in [5.41, 5.74) is 1.36. The van der Waals surface area contributed by atoms with Crippen molar-refractivity contribution in [2.45, 2.75) is 32.0 Å². The van der Waals surface area contributed by atoms with Crippen LogP contribution in [0.15, 0.2) is 30.3 Å². The molecule has 76 valence electrons. The Morgan fingerprint density at radius 1 is 1.29 bits per heavy atom. The molecule has 1 saturated heterocycles. The Balaban J connectivity index is 1.88. The van der Waals surface area contributed by atoms with Crippen molar-refractivity contribution in [3.8, 4) is 0 Å². The molecular weight excluding hydrogens is 174 g/mol. The van der Waals surface area contributed by atoms with E-state index < -0.39 is 0 Å². The first-order chi connectivity index (χ1) is 6.83. The number of aliphatic hydroxyl groups excluding tert-OH is 1. The maximum absolute atomic E-state index is 8.85. The molecule has 1 heterocycles. The van der Waals surface area contributed by atoms with Crippen LogP contribution in [0.5, 0.6) is 0 Å². The van der Waals surface area contributed by atoms with Crippen LogP contribution in [-0.4, -0.2) is 28.7 Å². The highest BCUT2D eigenvalue weighted by Crippen LogP contribution is 2.32. The molecule has 0 spiro atoms. The molecule has 0 saturated carbocycles. The van der Waals surface area contributed by atoms with Crippen LogP contribution in [0.1, 0.15) is 18.9 Å². The Morgan fingerprint density at radius 3 is 2.64 bits per heavy atom. The van der Waals surface area contributed by atoms with Crippen LogP contribution in [0.2, 0.25) is 0 Å². The summed E-state index contributed by atoms with van der Waals surface area (Å²) in [6, 6.07) is 11.7. The smallest absolute Gasteiger partial charge is 0.0446 e. The van der Waals surface area contributed by atoms with Crippen molar-refractivity contribution in [1.82, 2.24) is 4.90 Å². The first kappa shape index (κ1) is 9.69. The van der Waals surface area contributed by atoms with E-state index in [1.807, 2.05) is 6.07 Å². The summed E-state index contributed by atoms with van der Waals surface area (Å²) < 4.78 is 0. The Labute approximate surface area is 85.2 Å². The van der Waals surface area contributed by atoms with Crippen molar-refractivity contribution in [3.05, 3.63) is 35.9 Å². The van der Waals surface area contributed by atoms with Crippen LogP contribution in [0.3, 0.4) is 0 Å². The van der Waals surface area contributed by atoms with Gasteiger partial charge in [0.05, 0.1) is 0 Å². The van der Waals surface area contributed by atoms with Crippen molar-refractivity contribution in [3.63, 3.8) is 0 Å². The standard InChI is InChI=1S/C12H17NO/c1-10-12(7-8-14)13(10)9-11-5-3-2-4-6-11/h2-6,10,12,14H,7-9H2,1H3. The van der Waals surface area contributed by atoms with E-state index in [9.17, 15) is 0 Å².